The third kappa shape index (κ3) is 7.48. The first kappa shape index (κ1) is 20.2. The lowest BCUT2D eigenvalue weighted by Crippen LogP contribution is -2.46. The minimum Gasteiger partial charge on any atom is -0.488 e. The molecular weight excluding hydrogens is 308 g/mol. The number of ether oxygens (including phenoxy) is 1. The van der Waals surface area contributed by atoms with E-state index in [1.165, 1.54) is 5.56 Å². The SMILES string of the molecule is CCO[Si](CCc1ccc(OC(C)(C)C)cc1)(OCC)OCC. The molecule has 1 aromatic carbocycles. The van der Waals surface area contributed by atoms with Crippen LogP contribution in [-0.4, -0.2) is 34.2 Å². The van der Waals surface area contributed by atoms with Gasteiger partial charge in [-0.15, -0.1) is 0 Å². The lowest BCUT2D eigenvalue weighted by atomic mass is 10.1. The summed E-state index contributed by atoms with van der Waals surface area (Å²) in [6, 6.07) is 9.04. The summed E-state index contributed by atoms with van der Waals surface area (Å²) in [6.07, 6.45) is 0.877. The predicted molar refractivity (Wildman–Crippen MR) is 96.0 cm³/mol. The lowest BCUT2D eigenvalue weighted by molar-refractivity contribution is 0.0714. The first-order valence-electron chi connectivity index (χ1n) is 8.54. The van der Waals surface area contributed by atoms with Gasteiger partial charge in [0.1, 0.15) is 11.4 Å². The Bertz CT molecular complexity index is 422. The van der Waals surface area contributed by atoms with Gasteiger partial charge in [0.25, 0.3) is 0 Å². The summed E-state index contributed by atoms with van der Waals surface area (Å²) in [7, 11) is -2.56. The zero-order chi connectivity index (χ0) is 17.3. The molecule has 0 aliphatic carbocycles. The molecule has 0 spiro atoms. The van der Waals surface area contributed by atoms with Crippen molar-refractivity contribution < 1.29 is 18.0 Å². The van der Waals surface area contributed by atoms with E-state index >= 15 is 0 Å². The van der Waals surface area contributed by atoms with Gasteiger partial charge in [-0.25, -0.2) is 0 Å². The largest absolute Gasteiger partial charge is 0.501 e. The third-order valence-corrected chi connectivity index (χ3v) is 6.21. The minimum absolute atomic E-state index is 0.178. The molecule has 0 saturated carbocycles. The van der Waals surface area contributed by atoms with Gasteiger partial charge < -0.3 is 18.0 Å². The molecule has 0 bridgehead atoms. The van der Waals surface area contributed by atoms with E-state index in [0.717, 1.165) is 18.2 Å². The van der Waals surface area contributed by atoms with Gasteiger partial charge in [-0.3, -0.25) is 0 Å². The van der Waals surface area contributed by atoms with Crippen molar-refractivity contribution in [2.45, 2.75) is 59.6 Å². The molecule has 4 nitrogen and oxygen atoms in total. The van der Waals surface area contributed by atoms with Crippen LogP contribution in [0.1, 0.15) is 47.1 Å². The van der Waals surface area contributed by atoms with E-state index in [4.69, 9.17) is 18.0 Å². The summed E-state index contributed by atoms with van der Waals surface area (Å²) in [4.78, 5) is 0. The normalized spacial score (nSPS) is 12.4. The van der Waals surface area contributed by atoms with Crippen molar-refractivity contribution in [1.29, 1.82) is 0 Å². The van der Waals surface area contributed by atoms with Gasteiger partial charge in [-0.05, 0) is 65.7 Å². The van der Waals surface area contributed by atoms with E-state index in [0.29, 0.717) is 19.8 Å². The number of hydrogen-bond acceptors (Lipinski definition) is 4. The molecule has 0 aliphatic rings. The smallest absolute Gasteiger partial charge is 0.488 e. The van der Waals surface area contributed by atoms with Gasteiger partial charge in [0.05, 0.1) is 0 Å². The lowest BCUT2D eigenvalue weighted by Gasteiger charge is -2.28. The van der Waals surface area contributed by atoms with Crippen LogP contribution in [0.4, 0.5) is 0 Å². The second kappa shape index (κ2) is 9.42. The molecule has 1 aromatic rings. The number of aryl methyl sites for hydroxylation is 1. The Morgan fingerprint density at radius 1 is 0.826 bits per heavy atom. The summed E-state index contributed by atoms with van der Waals surface area (Å²) < 4.78 is 23.5. The van der Waals surface area contributed by atoms with E-state index in [2.05, 4.69) is 12.1 Å². The van der Waals surface area contributed by atoms with E-state index in [1.54, 1.807) is 0 Å². The number of rotatable bonds is 10. The average molecular weight is 341 g/mol. The fraction of sp³-hybridized carbons (Fsp3) is 0.667. The summed E-state index contributed by atoms with van der Waals surface area (Å²) >= 11 is 0. The van der Waals surface area contributed by atoms with Crippen molar-refractivity contribution in [2.24, 2.45) is 0 Å². The van der Waals surface area contributed by atoms with Crippen LogP contribution >= 0.6 is 0 Å². The summed E-state index contributed by atoms with van der Waals surface area (Å²) in [5.74, 6) is 0.893. The molecule has 0 atom stereocenters. The highest BCUT2D eigenvalue weighted by Gasteiger charge is 2.39. The second-order valence-electron chi connectivity index (χ2n) is 6.34. The maximum absolute atomic E-state index is 5.89. The quantitative estimate of drug-likeness (QED) is 0.590. The van der Waals surface area contributed by atoms with Gasteiger partial charge >= 0.3 is 8.80 Å². The Labute approximate surface area is 142 Å². The third-order valence-electron chi connectivity index (χ3n) is 3.16. The van der Waals surface area contributed by atoms with Crippen LogP contribution in [-0.2, 0) is 19.7 Å². The number of hydrogen-bond donors (Lipinski definition) is 0. The molecule has 1 rings (SSSR count). The molecular formula is C18H32O4Si. The van der Waals surface area contributed by atoms with Crippen molar-refractivity contribution in [1.82, 2.24) is 0 Å². The molecule has 0 radical (unpaired) electrons. The Kier molecular flexibility index (Phi) is 8.26. The molecule has 0 N–H and O–H groups in total. The Morgan fingerprint density at radius 3 is 1.70 bits per heavy atom. The molecule has 0 amide bonds. The highest BCUT2D eigenvalue weighted by atomic mass is 28.4. The monoisotopic (exact) mass is 340 g/mol. The summed E-state index contributed by atoms with van der Waals surface area (Å²) in [5, 5.41) is 0. The Hall–Kier alpha value is -0.883. The average Bonchev–Trinajstić information content (AvgIpc) is 2.46. The molecule has 0 unspecified atom stereocenters. The van der Waals surface area contributed by atoms with E-state index in [-0.39, 0.29) is 5.60 Å². The van der Waals surface area contributed by atoms with Gasteiger partial charge in [-0.1, -0.05) is 12.1 Å². The zero-order valence-corrected chi connectivity index (χ0v) is 16.5. The van der Waals surface area contributed by atoms with Crippen molar-refractivity contribution in [3.8, 4) is 5.75 Å². The highest BCUT2D eigenvalue weighted by Crippen LogP contribution is 2.22. The Balaban J connectivity index is 2.69. The predicted octanol–water partition coefficient (Wildman–Crippen LogP) is 4.45. The Morgan fingerprint density at radius 2 is 1.30 bits per heavy atom. The fourth-order valence-corrected chi connectivity index (χ4v) is 4.97. The van der Waals surface area contributed by atoms with Crippen LogP contribution in [0, 0.1) is 0 Å². The van der Waals surface area contributed by atoms with Gasteiger partial charge in [-0.2, -0.15) is 0 Å². The molecule has 132 valence electrons. The standard InChI is InChI=1S/C18H32O4Si/c1-7-19-23(20-8-2,21-9-3)15-14-16-10-12-17(13-11-16)22-18(4,5)6/h10-13H,7-9,14-15H2,1-6H3. The molecule has 23 heavy (non-hydrogen) atoms. The first-order valence-corrected chi connectivity index (χ1v) is 10.5. The zero-order valence-electron chi connectivity index (χ0n) is 15.5. The van der Waals surface area contributed by atoms with E-state index in [9.17, 15) is 0 Å². The molecule has 0 fully saturated rings. The topological polar surface area (TPSA) is 36.9 Å². The maximum Gasteiger partial charge on any atom is 0.501 e. The van der Waals surface area contributed by atoms with Gasteiger partial charge in [0.15, 0.2) is 0 Å². The van der Waals surface area contributed by atoms with Crippen LogP contribution in [0.3, 0.4) is 0 Å². The van der Waals surface area contributed by atoms with E-state index < -0.39 is 8.80 Å². The van der Waals surface area contributed by atoms with Crippen molar-refractivity contribution >= 4 is 8.80 Å². The van der Waals surface area contributed by atoms with Crippen LogP contribution in [0.25, 0.3) is 0 Å². The van der Waals surface area contributed by atoms with Gasteiger partial charge in [0, 0.05) is 25.9 Å². The van der Waals surface area contributed by atoms with Crippen LogP contribution in [0.2, 0.25) is 6.04 Å². The summed E-state index contributed by atoms with van der Waals surface area (Å²) in [6.45, 7) is 13.9. The molecule has 0 heterocycles. The first-order chi connectivity index (χ1) is 10.8. The highest BCUT2D eigenvalue weighted by molar-refractivity contribution is 6.60. The minimum atomic E-state index is -2.56. The number of benzene rings is 1. The van der Waals surface area contributed by atoms with Crippen LogP contribution < -0.4 is 4.74 Å². The molecule has 0 aromatic heterocycles. The van der Waals surface area contributed by atoms with Crippen LogP contribution in [0.15, 0.2) is 24.3 Å². The van der Waals surface area contributed by atoms with Gasteiger partial charge in [0.2, 0.25) is 0 Å². The van der Waals surface area contributed by atoms with Crippen molar-refractivity contribution in [2.75, 3.05) is 19.8 Å². The second-order valence-corrected chi connectivity index (χ2v) is 9.07. The molecule has 0 aliphatic heterocycles. The van der Waals surface area contributed by atoms with E-state index in [1.807, 2.05) is 53.7 Å². The molecule has 5 heteroatoms. The van der Waals surface area contributed by atoms with Crippen molar-refractivity contribution in [3.63, 3.8) is 0 Å². The molecule has 0 saturated heterocycles. The van der Waals surface area contributed by atoms with Crippen molar-refractivity contribution in [3.05, 3.63) is 29.8 Å². The fourth-order valence-electron chi connectivity index (χ4n) is 2.38. The summed E-state index contributed by atoms with van der Waals surface area (Å²) in [5.41, 5.74) is 1.06. The van der Waals surface area contributed by atoms with Crippen LogP contribution in [0.5, 0.6) is 5.75 Å². The maximum atomic E-state index is 5.89.